The third-order valence-corrected chi connectivity index (χ3v) is 2.98. The molecule has 0 saturated heterocycles. The van der Waals surface area contributed by atoms with E-state index in [-0.39, 0.29) is 18.2 Å². The normalized spacial score (nSPS) is 20.8. The summed E-state index contributed by atoms with van der Waals surface area (Å²) in [6.45, 7) is 1.97. The van der Waals surface area contributed by atoms with Gasteiger partial charge in [-0.05, 0) is 25.7 Å². The topological polar surface area (TPSA) is 77.8 Å². The predicted molar refractivity (Wildman–Crippen MR) is 58.9 cm³/mol. The van der Waals surface area contributed by atoms with Crippen LogP contribution in [0.3, 0.4) is 0 Å². The Morgan fingerprint density at radius 1 is 1.44 bits per heavy atom. The molecular weight excluding hydrogens is 208 g/mol. The van der Waals surface area contributed by atoms with E-state index in [1.54, 1.807) is 6.92 Å². The molecule has 2 N–H and O–H groups in total. The van der Waals surface area contributed by atoms with Crippen molar-refractivity contribution in [2.24, 2.45) is 5.92 Å². The Morgan fingerprint density at radius 2 is 2.06 bits per heavy atom. The average molecular weight is 227 g/mol. The van der Waals surface area contributed by atoms with E-state index in [4.69, 9.17) is 10.1 Å². The molecule has 0 aromatic rings. The molecule has 5 heteroatoms. The molecule has 1 saturated carbocycles. The van der Waals surface area contributed by atoms with Crippen LogP contribution in [0.2, 0.25) is 0 Å². The minimum Gasteiger partial charge on any atom is -0.475 e. The number of aliphatic hydroxyl groups is 2. The maximum Gasteiger partial charge on any atom is 0.468 e. The molecule has 90 valence electrons. The lowest BCUT2D eigenvalue weighted by Crippen LogP contribution is -2.25. The Balaban J connectivity index is 2.72. The molecule has 0 spiro atoms. The fourth-order valence-corrected chi connectivity index (χ4v) is 2.11. The van der Waals surface area contributed by atoms with Crippen LogP contribution in [0.5, 0.6) is 0 Å². The van der Waals surface area contributed by atoms with E-state index in [9.17, 15) is 10.2 Å². The molecule has 5 nitrogen and oxygen atoms in total. The Labute approximate surface area is 95.4 Å². The van der Waals surface area contributed by atoms with E-state index in [2.05, 4.69) is 4.98 Å². The van der Waals surface area contributed by atoms with Gasteiger partial charge in [-0.1, -0.05) is 19.3 Å². The van der Waals surface area contributed by atoms with Crippen LogP contribution in [-0.2, 0) is 4.74 Å². The van der Waals surface area contributed by atoms with Crippen LogP contribution in [0, 0.1) is 11.3 Å². The quantitative estimate of drug-likeness (QED) is 0.571. The number of hydrogen-bond donors (Lipinski definition) is 2. The number of hydrogen-bond acceptors (Lipinski definition) is 4. The zero-order chi connectivity index (χ0) is 12.0. The van der Waals surface area contributed by atoms with E-state index in [0.717, 1.165) is 25.7 Å². The highest BCUT2D eigenvalue weighted by molar-refractivity contribution is 5.16. The second-order valence-electron chi connectivity index (χ2n) is 4.07. The first-order valence-electron chi connectivity index (χ1n) is 5.79. The summed E-state index contributed by atoms with van der Waals surface area (Å²) in [6, 6.07) is 0. The van der Waals surface area contributed by atoms with E-state index >= 15 is 0 Å². The molecular formula is C11H19N2O3+. The number of rotatable bonds is 4. The number of aliphatic hydroxyl groups excluding tert-OH is 2. The lowest BCUT2D eigenvalue weighted by Gasteiger charge is -2.22. The molecule has 16 heavy (non-hydrogen) atoms. The Kier molecular flexibility index (Phi) is 5.06. The van der Waals surface area contributed by atoms with Crippen molar-refractivity contribution >= 4 is 0 Å². The second-order valence-corrected chi connectivity index (χ2v) is 4.07. The predicted octanol–water partition coefficient (Wildman–Crippen LogP) is 2.54. The van der Waals surface area contributed by atoms with E-state index in [1.165, 1.54) is 6.42 Å². The number of nitrogens with zero attached hydrogens (tertiary/aromatic N) is 2. The standard InChI is InChI=1S/C11H18N2O3/c1-2-16-11(15)9(13-12)10(14)8-6-4-3-5-7-8/h8,10,14H,2-7H2,1H3/p+1/b11-9+. The molecule has 0 heterocycles. The Morgan fingerprint density at radius 3 is 2.56 bits per heavy atom. The third kappa shape index (κ3) is 3.11. The maximum atomic E-state index is 9.98. The fourth-order valence-electron chi connectivity index (χ4n) is 2.11. The van der Waals surface area contributed by atoms with Crippen LogP contribution in [-0.4, -0.2) is 22.9 Å². The molecule has 1 rings (SSSR count). The molecule has 1 aliphatic carbocycles. The van der Waals surface area contributed by atoms with E-state index in [1.807, 2.05) is 0 Å². The fraction of sp³-hybridized carbons (Fsp3) is 0.818. The van der Waals surface area contributed by atoms with Crippen molar-refractivity contribution in [3.63, 3.8) is 0 Å². The van der Waals surface area contributed by atoms with Crippen LogP contribution in [0.4, 0.5) is 0 Å². The van der Waals surface area contributed by atoms with Gasteiger partial charge in [0.05, 0.1) is 6.61 Å². The molecule has 0 aromatic heterocycles. The minimum atomic E-state index is -0.947. The maximum absolute atomic E-state index is 9.98. The molecule has 1 fully saturated rings. The number of ether oxygens (including phenoxy) is 1. The monoisotopic (exact) mass is 227 g/mol. The second kappa shape index (κ2) is 6.33. The lowest BCUT2D eigenvalue weighted by atomic mass is 9.84. The third-order valence-electron chi connectivity index (χ3n) is 2.98. The van der Waals surface area contributed by atoms with Gasteiger partial charge in [0.25, 0.3) is 0 Å². The molecule has 1 atom stereocenters. The van der Waals surface area contributed by atoms with Crippen molar-refractivity contribution in [3.05, 3.63) is 16.6 Å². The lowest BCUT2D eigenvalue weighted by molar-refractivity contribution is 0.0697. The van der Waals surface area contributed by atoms with Gasteiger partial charge in [0.1, 0.15) is 0 Å². The molecule has 0 amide bonds. The molecule has 1 aliphatic rings. The van der Waals surface area contributed by atoms with Crippen LogP contribution in [0.25, 0.3) is 4.98 Å². The SMILES string of the molecule is CCO/C(O)=C(/[N+]#N)C(O)C1CCCCC1. The first kappa shape index (κ1) is 12.8. The van der Waals surface area contributed by atoms with Crippen molar-refractivity contribution in [1.82, 2.24) is 0 Å². The summed E-state index contributed by atoms with van der Waals surface area (Å²) < 4.78 is 4.83. The summed E-state index contributed by atoms with van der Waals surface area (Å²) in [5, 5.41) is 28.2. The summed E-state index contributed by atoms with van der Waals surface area (Å²) in [7, 11) is 0. The van der Waals surface area contributed by atoms with Gasteiger partial charge < -0.3 is 14.9 Å². The van der Waals surface area contributed by atoms with Crippen molar-refractivity contribution in [2.45, 2.75) is 45.1 Å². The molecule has 0 bridgehead atoms. The van der Waals surface area contributed by atoms with Crippen LogP contribution < -0.4 is 0 Å². The average Bonchev–Trinajstić information content (AvgIpc) is 2.31. The van der Waals surface area contributed by atoms with Gasteiger partial charge in [0.2, 0.25) is 5.39 Å². The van der Waals surface area contributed by atoms with E-state index < -0.39 is 12.0 Å². The highest BCUT2D eigenvalue weighted by Crippen LogP contribution is 2.30. The smallest absolute Gasteiger partial charge is 0.468 e. The first-order chi connectivity index (χ1) is 7.70. The van der Waals surface area contributed by atoms with Gasteiger partial charge in [0, 0.05) is 0 Å². The summed E-state index contributed by atoms with van der Waals surface area (Å²) in [5.41, 5.74) is -0.159. The molecule has 0 aliphatic heterocycles. The number of diazo groups is 1. The van der Waals surface area contributed by atoms with Gasteiger partial charge >= 0.3 is 11.6 Å². The summed E-state index contributed by atoms with van der Waals surface area (Å²) in [6.07, 6.45) is 4.14. The zero-order valence-corrected chi connectivity index (χ0v) is 9.59. The van der Waals surface area contributed by atoms with Crippen LogP contribution in [0.1, 0.15) is 39.0 Å². The minimum absolute atomic E-state index is 0.0438. The van der Waals surface area contributed by atoms with Crippen LogP contribution in [0.15, 0.2) is 11.6 Å². The Hall–Kier alpha value is -1.28. The zero-order valence-electron chi connectivity index (χ0n) is 9.59. The van der Waals surface area contributed by atoms with Crippen molar-refractivity contribution in [1.29, 1.82) is 5.39 Å². The first-order valence-corrected chi connectivity index (χ1v) is 5.79. The van der Waals surface area contributed by atoms with E-state index in [0.29, 0.717) is 0 Å². The van der Waals surface area contributed by atoms with Crippen molar-refractivity contribution < 1.29 is 14.9 Å². The van der Waals surface area contributed by atoms with Gasteiger partial charge in [-0.25, -0.2) is 0 Å². The molecule has 0 radical (unpaired) electrons. The van der Waals surface area contributed by atoms with Crippen molar-refractivity contribution in [3.8, 4) is 0 Å². The van der Waals surface area contributed by atoms with Gasteiger partial charge in [-0.3, -0.25) is 0 Å². The molecule has 0 aromatic carbocycles. The van der Waals surface area contributed by atoms with Gasteiger partial charge in [0.15, 0.2) is 11.1 Å². The van der Waals surface area contributed by atoms with Crippen LogP contribution >= 0.6 is 0 Å². The Bertz CT molecular complexity index is 290. The van der Waals surface area contributed by atoms with Gasteiger partial charge in [-0.15, -0.1) is 0 Å². The highest BCUT2D eigenvalue weighted by Gasteiger charge is 2.37. The highest BCUT2D eigenvalue weighted by atomic mass is 16.6. The largest absolute Gasteiger partial charge is 0.475 e. The summed E-state index contributed by atoms with van der Waals surface area (Å²) in [5.74, 6) is -0.440. The summed E-state index contributed by atoms with van der Waals surface area (Å²) in [4.78, 5) is 2.94. The summed E-state index contributed by atoms with van der Waals surface area (Å²) >= 11 is 0. The van der Waals surface area contributed by atoms with Crippen molar-refractivity contribution in [2.75, 3.05) is 6.61 Å². The van der Waals surface area contributed by atoms with Gasteiger partial charge in [-0.2, -0.15) is 0 Å². The molecule has 1 unspecified atom stereocenters.